The molecule has 0 saturated heterocycles. The van der Waals surface area contributed by atoms with Crippen molar-refractivity contribution in [3.63, 3.8) is 0 Å². The molecule has 1 atom stereocenters. The van der Waals surface area contributed by atoms with E-state index in [2.05, 4.69) is 5.18 Å². The first-order valence-corrected chi connectivity index (χ1v) is 6.55. The van der Waals surface area contributed by atoms with Crippen LogP contribution in [-0.2, 0) is 0 Å². The highest BCUT2D eigenvalue weighted by Crippen LogP contribution is 2.40. The Labute approximate surface area is 126 Å². The summed E-state index contributed by atoms with van der Waals surface area (Å²) < 4.78 is 18.6. The third kappa shape index (κ3) is 2.83. The molecule has 0 heterocycles. The molecule has 0 amide bonds. The number of aromatic hydroxyl groups is 1. The van der Waals surface area contributed by atoms with Gasteiger partial charge in [-0.05, 0) is 24.6 Å². The monoisotopic (exact) mass is 309 g/mol. The quantitative estimate of drug-likeness (QED) is 0.834. The Bertz CT molecular complexity index is 691. The summed E-state index contributed by atoms with van der Waals surface area (Å²) >= 11 is 6.11. The van der Waals surface area contributed by atoms with E-state index in [1.54, 1.807) is 25.1 Å². The summed E-state index contributed by atoms with van der Waals surface area (Å²) in [5, 5.41) is 13.0. The molecule has 110 valence electrons. The second-order valence-corrected chi connectivity index (χ2v) is 4.87. The minimum Gasteiger partial charge on any atom is -0.506 e. The van der Waals surface area contributed by atoms with Crippen LogP contribution in [0.4, 0.5) is 4.39 Å². The number of ether oxygens (including phenoxy) is 1. The number of hydrogen-bond acceptors (Lipinski definition) is 4. The molecule has 0 spiro atoms. The van der Waals surface area contributed by atoms with Gasteiger partial charge in [0.05, 0.1) is 12.1 Å². The van der Waals surface area contributed by atoms with Gasteiger partial charge in [-0.15, -0.1) is 0 Å². The number of benzene rings is 2. The SMILES string of the molecule is COc1ccc(-c2ccc(C(C)N=O)c(O)c2Cl)cc1F. The molecule has 2 aromatic carbocycles. The molecule has 1 unspecified atom stereocenters. The van der Waals surface area contributed by atoms with Gasteiger partial charge in [0.25, 0.3) is 0 Å². The van der Waals surface area contributed by atoms with Crippen LogP contribution in [-0.4, -0.2) is 12.2 Å². The van der Waals surface area contributed by atoms with Crippen molar-refractivity contribution in [1.29, 1.82) is 0 Å². The van der Waals surface area contributed by atoms with Gasteiger partial charge in [0.2, 0.25) is 0 Å². The zero-order valence-electron chi connectivity index (χ0n) is 11.4. The van der Waals surface area contributed by atoms with Crippen molar-refractivity contribution in [3.8, 4) is 22.6 Å². The third-order valence-corrected chi connectivity index (χ3v) is 3.60. The standard InChI is InChI=1S/C15H13ClFNO3/c1-8(18-20)10-4-5-11(14(16)15(10)19)9-3-6-13(21-2)12(17)7-9/h3-8,19H,1-2H3. The van der Waals surface area contributed by atoms with E-state index < -0.39 is 11.9 Å². The maximum absolute atomic E-state index is 13.7. The lowest BCUT2D eigenvalue weighted by Gasteiger charge is -2.12. The van der Waals surface area contributed by atoms with Gasteiger partial charge in [-0.25, -0.2) is 4.39 Å². The second-order valence-electron chi connectivity index (χ2n) is 4.50. The molecule has 0 aliphatic rings. The second kappa shape index (κ2) is 6.10. The van der Waals surface area contributed by atoms with Crippen LogP contribution >= 0.6 is 11.6 Å². The van der Waals surface area contributed by atoms with Crippen molar-refractivity contribution in [2.24, 2.45) is 5.18 Å². The maximum atomic E-state index is 13.7. The minimum atomic E-state index is -0.718. The van der Waals surface area contributed by atoms with Crippen LogP contribution in [0.2, 0.25) is 5.02 Å². The van der Waals surface area contributed by atoms with Crippen LogP contribution in [0.15, 0.2) is 35.5 Å². The first-order valence-electron chi connectivity index (χ1n) is 6.17. The summed E-state index contributed by atoms with van der Waals surface area (Å²) in [5.74, 6) is -0.635. The fraction of sp³-hybridized carbons (Fsp3) is 0.200. The Morgan fingerprint density at radius 2 is 2.05 bits per heavy atom. The number of hydrogen-bond donors (Lipinski definition) is 1. The number of methoxy groups -OCH3 is 1. The average molecular weight is 310 g/mol. The molecule has 2 aromatic rings. The van der Waals surface area contributed by atoms with Crippen molar-refractivity contribution in [3.05, 3.63) is 51.6 Å². The fourth-order valence-corrected chi connectivity index (χ4v) is 2.31. The summed E-state index contributed by atoms with van der Waals surface area (Å²) in [4.78, 5) is 10.6. The molecule has 4 nitrogen and oxygen atoms in total. The van der Waals surface area contributed by atoms with Crippen molar-refractivity contribution in [1.82, 2.24) is 0 Å². The molecule has 1 N–H and O–H groups in total. The van der Waals surface area contributed by atoms with Crippen LogP contribution in [0, 0.1) is 10.7 Å². The molecular weight excluding hydrogens is 297 g/mol. The number of nitrogens with zero attached hydrogens (tertiary/aromatic N) is 1. The topological polar surface area (TPSA) is 58.9 Å². The number of nitroso groups, excluding NO2 is 1. The number of halogens is 2. The van der Waals surface area contributed by atoms with Crippen LogP contribution in [0.1, 0.15) is 18.5 Å². The highest BCUT2D eigenvalue weighted by molar-refractivity contribution is 6.34. The van der Waals surface area contributed by atoms with Gasteiger partial charge < -0.3 is 9.84 Å². The Morgan fingerprint density at radius 1 is 1.33 bits per heavy atom. The summed E-state index contributed by atoms with van der Waals surface area (Å²) in [7, 11) is 1.37. The lowest BCUT2D eigenvalue weighted by atomic mass is 10.00. The molecule has 2 rings (SSSR count). The number of phenolic OH excluding ortho intramolecular Hbond substituents is 1. The van der Waals surface area contributed by atoms with Gasteiger partial charge in [0.15, 0.2) is 11.6 Å². The number of phenols is 1. The van der Waals surface area contributed by atoms with Gasteiger partial charge >= 0.3 is 0 Å². The maximum Gasteiger partial charge on any atom is 0.165 e. The van der Waals surface area contributed by atoms with Gasteiger partial charge in [0.1, 0.15) is 11.8 Å². The van der Waals surface area contributed by atoms with Crippen molar-refractivity contribution in [2.45, 2.75) is 13.0 Å². The zero-order chi connectivity index (χ0) is 15.6. The molecular formula is C15H13ClFNO3. The van der Waals surface area contributed by atoms with E-state index in [1.807, 2.05) is 0 Å². The predicted octanol–water partition coefficient (Wildman–Crippen LogP) is 4.69. The van der Waals surface area contributed by atoms with Crippen molar-refractivity contribution >= 4 is 11.6 Å². The molecule has 0 aliphatic heterocycles. The van der Waals surface area contributed by atoms with Crippen LogP contribution in [0.25, 0.3) is 11.1 Å². The molecule has 21 heavy (non-hydrogen) atoms. The Kier molecular flexibility index (Phi) is 4.43. The van der Waals surface area contributed by atoms with Gasteiger partial charge in [-0.3, -0.25) is 0 Å². The number of rotatable bonds is 4. The molecule has 0 saturated carbocycles. The lowest BCUT2D eigenvalue weighted by Crippen LogP contribution is -1.93. The molecule has 0 radical (unpaired) electrons. The van der Waals surface area contributed by atoms with Crippen LogP contribution in [0.3, 0.4) is 0 Å². The third-order valence-electron chi connectivity index (χ3n) is 3.22. The van der Waals surface area contributed by atoms with E-state index in [0.29, 0.717) is 16.7 Å². The van der Waals surface area contributed by atoms with Crippen LogP contribution < -0.4 is 4.74 Å². The Hall–Kier alpha value is -2.14. The summed E-state index contributed by atoms with van der Waals surface area (Å²) in [5.41, 5.74) is 1.28. The molecule has 0 bridgehead atoms. The molecule has 6 heteroatoms. The summed E-state index contributed by atoms with van der Waals surface area (Å²) in [6.07, 6.45) is 0. The van der Waals surface area contributed by atoms with Gasteiger partial charge in [0, 0.05) is 11.1 Å². The van der Waals surface area contributed by atoms with E-state index in [4.69, 9.17) is 16.3 Å². The minimum absolute atomic E-state index is 0.0487. The molecule has 0 aromatic heterocycles. The average Bonchev–Trinajstić information content (AvgIpc) is 2.49. The Balaban J connectivity index is 2.53. The van der Waals surface area contributed by atoms with Gasteiger partial charge in [-0.1, -0.05) is 35.0 Å². The van der Waals surface area contributed by atoms with Crippen molar-refractivity contribution in [2.75, 3.05) is 7.11 Å². The first kappa shape index (κ1) is 15.3. The van der Waals surface area contributed by atoms with E-state index in [-0.39, 0.29) is 16.5 Å². The van der Waals surface area contributed by atoms with E-state index in [0.717, 1.165) is 0 Å². The zero-order valence-corrected chi connectivity index (χ0v) is 12.2. The lowest BCUT2D eigenvalue weighted by molar-refractivity contribution is 0.386. The first-order chi connectivity index (χ1) is 9.99. The van der Waals surface area contributed by atoms with Crippen molar-refractivity contribution < 1.29 is 14.2 Å². The van der Waals surface area contributed by atoms with E-state index >= 15 is 0 Å². The van der Waals surface area contributed by atoms with Crippen LogP contribution in [0.5, 0.6) is 11.5 Å². The Morgan fingerprint density at radius 3 is 2.62 bits per heavy atom. The largest absolute Gasteiger partial charge is 0.506 e. The van der Waals surface area contributed by atoms with E-state index in [1.165, 1.54) is 19.2 Å². The fourth-order valence-electron chi connectivity index (χ4n) is 2.03. The van der Waals surface area contributed by atoms with Gasteiger partial charge in [-0.2, -0.15) is 4.91 Å². The smallest absolute Gasteiger partial charge is 0.165 e. The highest BCUT2D eigenvalue weighted by Gasteiger charge is 2.17. The molecule has 0 aliphatic carbocycles. The normalized spacial score (nSPS) is 12.0. The predicted molar refractivity (Wildman–Crippen MR) is 79.3 cm³/mol. The highest BCUT2D eigenvalue weighted by atomic mass is 35.5. The van der Waals surface area contributed by atoms with E-state index in [9.17, 15) is 14.4 Å². The summed E-state index contributed by atoms with van der Waals surface area (Å²) in [6, 6.07) is 6.81. The summed E-state index contributed by atoms with van der Waals surface area (Å²) in [6.45, 7) is 1.55. The molecule has 0 fully saturated rings.